The molecule has 3 nitrogen and oxygen atoms in total. The second-order valence-electron chi connectivity index (χ2n) is 3.98. The maximum atomic E-state index is 5.76. The molecule has 96 valence electrons. The minimum Gasteiger partial charge on any atom is -0.488 e. The van der Waals surface area contributed by atoms with Crippen molar-refractivity contribution >= 4 is 27.3 Å². The number of ether oxygens (including phenoxy) is 1. The van der Waals surface area contributed by atoms with Gasteiger partial charge in [0.15, 0.2) is 0 Å². The topological polar surface area (TPSA) is 34.1 Å². The summed E-state index contributed by atoms with van der Waals surface area (Å²) in [5.41, 5.74) is 0. The first-order valence-electron chi connectivity index (χ1n) is 5.74. The van der Waals surface area contributed by atoms with Gasteiger partial charge in [0.25, 0.3) is 0 Å². The Morgan fingerprint density at radius 1 is 1.50 bits per heavy atom. The third kappa shape index (κ3) is 4.40. The van der Waals surface area contributed by atoms with E-state index in [1.807, 2.05) is 13.0 Å². The molecule has 0 spiro atoms. The van der Waals surface area contributed by atoms with Gasteiger partial charge in [-0.3, -0.25) is 4.98 Å². The smallest absolute Gasteiger partial charge is 0.139 e. The largest absolute Gasteiger partial charge is 0.488 e. The number of aromatic nitrogens is 1. The van der Waals surface area contributed by atoms with E-state index in [1.165, 1.54) is 4.88 Å². The number of pyridine rings is 1. The van der Waals surface area contributed by atoms with Crippen LogP contribution in [0.1, 0.15) is 11.8 Å². The zero-order valence-corrected chi connectivity index (χ0v) is 12.5. The van der Waals surface area contributed by atoms with Crippen molar-refractivity contribution in [2.24, 2.45) is 0 Å². The summed E-state index contributed by atoms with van der Waals surface area (Å²) < 4.78 is 6.69. The normalized spacial score (nSPS) is 12.3. The summed E-state index contributed by atoms with van der Waals surface area (Å²) in [6, 6.07) is 6.11. The van der Waals surface area contributed by atoms with Crippen LogP contribution in [0.15, 0.2) is 40.4 Å². The molecule has 0 radical (unpaired) electrons. The minimum absolute atomic E-state index is 0.112. The Kier molecular flexibility index (Phi) is 5.16. The highest BCUT2D eigenvalue weighted by molar-refractivity contribution is 9.10. The van der Waals surface area contributed by atoms with E-state index in [0.29, 0.717) is 0 Å². The number of nitrogens with one attached hydrogen (secondary N) is 1. The van der Waals surface area contributed by atoms with E-state index in [9.17, 15) is 0 Å². The molecular formula is C13H15BrN2OS. The molecule has 2 heterocycles. The second kappa shape index (κ2) is 6.87. The van der Waals surface area contributed by atoms with Crippen LogP contribution < -0.4 is 10.1 Å². The molecule has 0 fully saturated rings. The van der Waals surface area contributed by atoms with Crippen molar-refractivity contribution in [3.05, 3.63) is 45.3 Å². The lowest BCUT2D eigenvalue weighted by molar-refractivity contribution is 0.216. The van der Waals surface area contributed by atoms with Gasteiger partial charge in [0.05, 0.1) is 6.20 Å². The number of rotatable bonds is 6. The van der Waals surface area contributed by atoms with Crippen molar-refractivity contribution in [3.8, 4) is 5.75 Å². The van der Waals surface area contributed by atoms with Crippen molar-refractivity contribution in [1.82, 2.24) is 10.3 Å². The van der Waals surface area contributed by atoms with Gasteiger partial charge in [0, 0.05) is 28.6 Å². The predicted octanol–water partition coefficient (Wildman–Crippen LogP) is 3.46. The van der Waals surface area contributed by atoms with E-state index < -0.39 is 0 Å². The standard InChI is InChI=1S/C13H15BrN2OS/c1-10(6-15-9-13-3-2-4-18-13)17-12-5-11(14)7-16-8-12/h2-5,7-8,10,15H,6,9H2,1H3. The van der Waals surface area contributed by atoms with Crippen LogP contribution in [0.2, 0.25) is 0 Å². The molecular weight excluding hydrogens is 312 g/mol. The predicted molar refractivity (Wildman–Crippen MR) is 78.1 cm³/mol. The summed E-state index contributed by atoms with van der Waals surface area (Å²) >= 11 is 5.14. The first-order chi connectivity index (χ1) is 8.74. The van der Waals surface area contributed by atoms with Gasteiger partial charge >= 0.3 is 0 Å². The van der Waals surface area contributed by atoms with E-state index in [-0.39, 0.29) is 6.10 Å². The van der Waals surface area contributed by atoms with E-state index in [0.717, 1.165) is 23.3 Å². The monoisotopic (exact) mass is 326 g/mol. The molecule has 5 heteroatoms. The number of thiophene rings is 1. The molecule has 2 aromatic rings. The molecule has 0 aliphatic rings. The molecule has 2 aromatic heterocycles. The van der Waals surface area contributed by atoms with Crippen LogP contribution in [0.25, 0.3) is 0 Å². The summed E-state index contributed by atoms with van der Waals surface area (Å²) in [7, 11) is 0. The number of nitrogens with zero attached hydrogens (tertiary/aromatic N) is 1. The summed E-state index contributed by atoms with van der Waals surface area (Å²) in [6.45, 7) is 3.74. The van der Waals surface area contributed by atoms with E-state index in [4.69, 9.17) is 4.74 Å². The van der Waals surface area contributed by atoms with Crippen LogP contribution in [0.5, 0.6) is 5.75 Å². The summed E-state index contributed by atoms with van der Waals surface area (Å²) in [4.78, 5) is 5.41. The van der Waals surface area contributed by atoms with Gasteiger partial charge in [0.2, 0.25) is 0 Å². The van der Waals surface area contributed by atoms with Crippen molar-refractivity contribution < 1.29 is 4.74 Å². The van der Waals surface area contributed by atoms with Gasteiger partial charge in [-0.25, -0.2) is 0 Å². The van der Waals surface area contributed by atoms with Crippen molar-refractivity contribution in [3.63, 3.8) is 0 Å². The molecule has 0 bridgehead atoms. The second-order valence-corrected chi connectivity index (χ2v) is 5.93. The van der Waals surface area contributed by atoms with Gasteiger partial charge in [-0.05, 0) is 40.4 Å². The third-order valence-electron chi connectivity index (χ3n) is 2.33. The Bertz CT molecular complexity index is 476. The van der Waals surface area contributed by atoms with Gasteiger partial charge in [-0.15, -0.1) is 11.3 Å². The van der Waals surface area contributed by atoms with Crippen LogP contribution in [0.3, 0.4) is 0 Å². The van der Waals surface area contributed by atoms with E-state index in [2.05, 4.69) is 43.7 Å². The van der Waals surface area contributed by atoms with E-state index >= 15 is 0 Å². The van der Waals surface area contributed by atoms with Crippen molar-refractivity contribution in [2.45, 2.75) is 19.6 Å². The van der Waals surface area contributed by atoms with Gasteiger partial charge in [-0.1, -0.05) is 6.07 Å². The van der Waals surface area contributed by atoms with Gasteiger partial charge in [0.1, 0.15) is 11.9 Å². The molecule has 1 unspecified atom stereocenters. The summed E-state index contributed by atoms with van der Waals surface area (Å²) in [5.74, 6) is 0.787. The fraction of sp³-hybridized carbons (Fsp3) is 0.308. The molecule has 0 aliphatic carbocycles. The first-order valence-corrected chi connectivity index (χ1v) is 7.41. The molecule has 0 aromatic carbocycles. The number of hydrogen-bond acceptors (Lipinski definition) is 4. The first kappa shape index (κ1) is 13.5. The van der Waals surface area contributed by atoms with Crippen LogP contribution in [0.4, 0.5) is 0 Å². The Hall–Kier alpha value is -0.910. The van der Waals surface area contributed by atoms with Crippen LogP contribution in [-0.4, -0.2) is 17.6 Å². The zero-order chi connectivity index (χ0) is 12.8. The lowest BCUT2D eigenvalue weighted by atomic mass is 10.3. The molecule has 0 saturated heterocycles. The van der Waals surface area contributed by atoms with E-state index in [1.54, 1.807) is 23.7 Å². The van der Waals surface area contributed by atoms with Crippen LogP contribution in [-0.2, 0) is 6.54 Å². The maximum Gasteiger partial charge on any atom is 0.139 e. The minimum atomic E-state index is 0.112. The highest BCUT2D eigenvalue weighted by Crippen LogP contribution is 2.16. The Morgan fingerprint density at radius 2 is 2.39 bits per heavy atom. The Labute approximate surface area is 119 Å². The molecule has 0 aliphatic heterocycles. The molecule has 1 N–H and O–H groups in total. The molecule has 0 saturated carbocycles. The molecule has 0 amide bonds. The molecule has 18 heavy (non-hydrogen) atoms. The quantitative estimate of drug-likeness (QED) is 0.882. The highest BCUT2D eigenvalue weighted by atomic mass is 79.9. The van der Waals surface area contributed by atoms with Gasteiger partial charge in [-0.2, -0.15) is 0 Å². The van der Waals surface area contributed by atoms with Crippen molar-refractivity contribution in [2.75, 3.05) is 6.54 Å². The lowest BCUT2D eigenvalue weighted by Crippen LogP contribution is -2.28. The summed E-state index contributed by atoms with van der Waals surface area (Å²) in [5, 5.41) is 5.46. The maximum absolute atomic E-state index is 5.76. The number of hydrogen-bond donors (Lipinski definition) is 1. The average molecular weight is 327 g/mol. The third-order valence-corrected chi connectivity index (χ3v) is 3.64. The zero-order valence-electron chi connectivity index (χ0n) is 10.1. The Morgan fingerprint density at radius 3 is 3.11 bits per heavy atom. The number of halogens is 1. The fourth-order valence-corrected chi connectivity index (χ4v) is 2.56. The molecule has 2 rings (SSSR count). The lowest BCUT2D eigenvalue weighted by Gasteiger charge is -2.15. The average Bonchev–Trinajstić information content (AvgIpc) is 2.82. The highest BCUT2D eigenvalue weighted by Gasteiger charge is 2.04. The SMILES string of the molecule is CC(CNCc1cccs1)Oc1cncc(Br)c1. The van der Waals surface area contributed by atoms with Crippen LogP contribution in [0, 0.1) is 0 Å². The summed E-state index contributed by atoms with van der Waals surface area (Å²) in [6.07, 6.45) is 3.58. The molecule has 1 atom stereocenters. The van der Waals surface area contributed by atoms with Gasteiger partial charge < -0.3 is 10.1 Å². The fourth-order valence-electron chi connectivity index (χ4n) is 1.54. The van der Waals surface area contributed by atoms with Crippen molar-refractivity contribution in [1.29, 1.82) is 0 Å². The Balaban J connectivity index is 1.73. The van der Waals surface area contributed by atoms with Crippen LogP contribution >= 0.6 is 27.3 Å².